The van der Waals surface area contributed by atoms with Crippen LogP contribution >= 0.6 is 35.3 Å². The van der Waals surface area contributed by atoms with Gasteiger partial charge in [0.15, 0.2) is 5.96 Å². The number of phenols is 1. The van der Waals surface area contributed by atoms with E-state index in [1.807, 2.05) is 12.1 Å². The van der Waals surface area contributed by atoms with E-state index in [-0.39, 0.29) is 24.0 Å². The Morgan fingerprint density at radius 2 is 1.88 bits per heavy atom. The van der Waals surface area contributed by atoms with E-state index >= 15 is 0 Å². The molecule has 0 atom stereocenters. The third kappa shape index (κ3) is 7.53. The molecule has 2 aromatic rings. The molecular formula is C18H26IN3OS. The topological polar surface area (TPSA) is 56.7 Å². The summed E-state index contributed by atoms with van der Waals surface area (Å²) in [5, 5.41) is 15.9. The summed E-state index contributed by atoms with van der Waals surface area (Å²) in [6.45, 7) is 6.63. The van der Waals surface area contributed by atoms with Gasteiger partial charge < -0.3 is 15.7 Å². The van der Waals surface area contributed by atoms with E-state index in [1.54, 1.807) is 23.5 Å². The van der Waals surface area contributed by atoms with E-state index in [4.69, 9.17) is 0 Å². The lowest BCUT2D eigenvalue weighted by molar-refractivity contribution is 0.475. The summed E-state index contributed by atoms with van der Waals surface area (Å²) in [6.07, 6.45) is 2.00. The van der Waals surface area contributed by atoms with Crippen LogP contribution in [0.2, 0.25) is 0 Å². The van der Waals surface area contributed by atoms with Crippen molar-refractivity contribution in [3.05, 3.63) is 51.7 Å². The molecule has 3 N–H and O–H groups in total. The highest BCUT2D eigenvalue weighted by atomic mass is 127. The summed E-state index contributed by atoms with van der Waals surface area (Å²) in [4.78, 5) is 7.23. The fourth-order valence-corrected chi connectivity index (χ4v) is 3.05. The van der Waals surface area contributed by atoms with Gasteiger partial charge in [0.1, 0.15) is 5.75 Å². The molecule has 24 heavy (non-hydrogen) atoms. The van der Waals surface area contributed by atoms with Gasteiger partial charge in [-0.1, -0.05) is 12.1 Å². The molecule has 0 aliphatic rings. The number of guanidine groups is 1. The molecule has 0 radical (unpaired) electrons. The lowest BCUT2D eigenvalue weighted by Crippen LogP contribution is -2.37. The third-order valence-corrected chi connectivity index (χ3v) is 4.39. The highest BCUT2D eigenvalue weighted by Gasteiger charge is 2.00. The van der Waals surface area contributed by atoms with Crippen molar-refractivity contribution in [1.29, 1.82) is 0 Å². The van der Waals surface area contributed by atoms with Crippen LogP contribution in [0.25, 0.3) is 0 Å². The second-order valence-corrected chi connectivity index (χ2v) is 6.78. The highest BCUT2D eigenvalue weighted by Crippen LogP contribution is 2.15. The Morgan fingerprint density at radius 3 is 2.50 bits per heavy atom. The standard InChI is InChI=1S/C18H25N3OS.HI/c1-3-19-18(21-13-17-11-6-14(2)23-17)20-12-4-5-15-7-9-16(22)10-8-15;/h6-11,22H,3-5,12-13H2,1-2H3,(H2,19,20,21);1H. The third-order valence-electron chi connectivity index (χ3n) is 3.40. The Kier molecular flexibility index (Phi) is 9.78. The summed E-state index contributed by atoms with van der Waals surface area (Å²) >= 11 is 1.79. The average Bonchev–Trinajstić information content (AvgIpc) is 2.96. The van der Waals surface area contributed by atoms with Gasteiger partial charge in [-0.15, -0.1) is 35.3 Å². The van der Waals surface area contributed by atoms with E-state index < -0.39 is 0 Å². The smallest absolute Gasteiger partial charge is 0.191 e. The lowest BCUT2D eigenvalue weighted by Gasteiger charge is -2.11. The molecule has 0 amide bonds. The zero-order valence-electron chi connectivity index (χ0n) is 14.2. The first-order valence-electron chi connectivity index (χ1n) is 8.03. The average molecular weight is 459 g/mol. The fraction of sp³-hybridized carbons (Fsp3) is 0.389. The van der Waals surface area contributed by atoms with Gasteiger partial charge in [-0.3, -0.25) is 0 Å². The van der Waals surface area contributed by atoms with Crippen molar-refractivity contribution in [2.45, 2.75) is 33.2 Å². The van der Waals surface area contributed by atoms with Crippen LogP contribution in [0.15, 0.2) is 41.4 Å². The molecule has 1 aromatic heterocycles. The van der Waals surface area contributed by atoms with Gasteiger partial charge in [-0.05, 0) is 56.5 Å². The van der Waals surface area contributed by atoms with Gasteiger partial charge in [0.25, 0.3) is 0 Å². The molecule has 0 saturated carbocycles. The molecule has 0 aliphatic carbocycles. The van der Waals surface area contributed by atoms with E-state index in [0.29, 0.717) is 12.3 Å². The van der Waals surface area contributed by atoms with Crippen LogP contribution in [0.5, 0.6) is 5.75 Å². The van der Waals surface area contributed by atoms with Crippen LogP contribution in [-0.4, -0.2) is 24.2 Å². The normalized spacial score (nSPS) is 11.0. The van der Waals surface area contributed by atoms with Crippen molar-refractivity contribution in [3.63, 3.8) is 0 Å². The Hall–Kier alpha value is -1.28. The summed E-state index contributed by atoms with van der Waals surface area (Å²) in [6, 6.07) is 11.7. The molecular weight excluding hydrogens is 433 g/mol. The largest absolute Gasteiger partial charge is 0.508 e. The first kappa shape index (κ1) is 20.8. The van der Waals surface area contributed by atoms with Crippen LogP contribution in [0.1, 0.15) is 28.7 Å². The molecule has 2 rings (SSSR count). The quantitative estimate of drug-likeness (QED) is 0.253. The maximum atomic E-state index is 9.28. The lowest BCUT2D eigenvalue weighted by atomic mass is 10.1. The number of aromatic hydroxyl groups is 1. The summed E-state index contributed by atoms with van der Waals surface area (Å²) in [5.41, 5.74) is 1.24. The number of benzene rings is 1. The molecule has 0 unspecified atom stereocenters. The zero-order valence-corrected chi connectivity index (χ0v) is 17.4. The number of hydrogen-bond donors (Lipinski definition) is 3. The Morgan fingerprint density at radius 1 is 1.12 bits per heavy atom. The predicted octanol–water partition coefficient (Wildman–Crippen LogP) is 4.07. The number of aryl methyl sites for hydroxylation is 2. The number of phenolic OH excluding ortho intramolecular Hbond substituents is 1. The zero-order chi connectivity index (χ0) is 16.5. The van der Waals surface area contributed by atoms with Crippen LogP contribution in [0.4, 0.5) is 0 Å². The molecule has 0 bridgehead atoms. The molecule has 132 valence electrons. The van der Waals surface area contributed by atoms with Crippen LogP contribution < -0.4 is 10.6 Å². The molecule has 0 saturated heterocycles. The van der Waals surface area contributed by atoms with Gasteiger partial charge in [-0.2, -0.15) is 0 Å². The van der Waals surface area contributed by atoms with Gasteiger partial charge in [0.2, 0.25) is 0 Å². The van der Waals surface area contributed by atoms with E-state index in [0.717, 1.165) is 31.9 Å². The number of nitrogens with one attached hydrogen (secondary N) is 2. The Labute approximate surface area is 165 Å². The van der Waals surface area contributed by atoms with Crippen LogP contribution in [0, 0.1) is 6.92 Å². The molecule has 4 nitrogen and oxygen atoms in total. The minimum absolute atomic E-state index is 0. The van der Waals surface area contributed by atoms with Gasteiger partial charge in [0, 0.05) is 22.8 Å². The number of halogens is 1. The molecule has 0 fully saturated rings. The highest BCUT2D eigenvalue weighted by molar-refractivity contribution is 14.0. The molecule has 0 aliphatic heterocycles. The van der Waals surface area contributed by atoms with E-state index in [2.05, 4.69) is 41.6 Å². The monoisotopic (exact) mass is 459 g/mol. The molecule has 1 aromatic carbocycles. The van der Waals surface area contributed by atoms with Crippen molar-refractivity contribution in [1.82, 2.24) is 10.6 Å². The molecule has 0 spiro atoms. The van der Waals surface area contributed by atoms with Crippen molar-refractivity contribution in [2.75, 3.05) is 13.1 Å². The van der Waals surface area contributed by atoms with Gasteiger partial charge >= 0.3 is 0 Å². The molecule has 1 heterocycles. The molecule has 6 heteroatoms. The minimum Gasteiger partial charge on any atom is -0.508 e. The van der Waals surface area contributed by atoms with Crippen molar-refractivity contribution in [2.24, 2.45) is 4.99 Å². The Bertz CT molecular complexity index is 625. The number of nitrogens with zero attached hydrogens (tertiary/aromatic N) is 1. The maximum absolute atomic E-state index is 9.28. The number of aliphatic imine (C=N–C) groups is 1. The van der Waals surface area contributed by atoms with Crippen molar-refractivity contribution >= 4 is 41.3 Å². The fourth-order valence-electron chi connectivity index (χ4n) is 2.23. The van der Waals surface area contributed by atoms with Gasteiger partial charge in [-0.25, -0.2) is 4.99 Å². The van der Waals surface area contributed by atoms with Crippen LogP contribution in [0.3, 0.4) is 0 Å². The predicted molar refractivity (Wildman–Crippen MR) is 114 cm³/mol. The Balaban J connectivity index is 0.00000288. The number of rotatable bonds is 7. The SMILES string of the molecule is CCNC(=NCc1ccc(C)s1)NCCCc1ccc(O)cc1.I. The van der Waals surface area contributed by atoms with Crippen LogP contribution in [-0.2, 0) is 13.0 Å². The summed E-state index contributed by atoms with van der Waals surface area (Å²) in [7, 11) is 0. The maximum Gasteiger partial charge on any atom is 0.191 e. The minimum atomic E-state index is 0. The van der Waals surface area contributed by atoms with E-state index in [1.165, 1.54) is 15.3 Å². The second-order valence-electron chi connectivity index (χ2n) is 5.40. The number of thiophene rings is 1. The van der Waals surface area contributed by atoms with Crippen molar-refractivity contribution < 1.29 is 5.11 Å². The summed E-state index contributed by atoms with van der Waals surface area (Å²) in [5.74, 6) is 1.18. The first-order valence-corrected chi connectivity index (χ1v) is 8.84. The second kappa shape index (κ2) is 11.3. The summed E-state index contributed by atoms with van der Waals surface area (Å²) < 4.78 is 0. The number of hydrogen-bond acceptors (Lipinski definition) is 3. The first-order chi connectivity index (χ1) is 11.2. The van der Waals surface area contributed by atoms with Gasteiger partial charge in [0.05, 0.1) is 6.54 Å². The van der Waals surface area contributed by atoms with Crippen molar-refractivity contribution in [3.8, 4) is 5.75 Å². The van der Waals surface area contributed by atoms with E-state index in [9.17, 15) is 5.11 Å².